The summed E-state index contributed by atoms with van der Waals surface area (Å²) in [5.41, 5.74) is 3.46. The number of carbonyl (C=O) groups excluding carboxylic acids is 1. The highest BCUT2D eigenvalue weighted by atomic mass is 16.5. The first-order valence-electron chi connectivity index (χ1n) is 12.5. The third-order valence-corrected chi connectivity index (χ3v) is 5.91. The molecular formula is C28H40N2O4. The molecule has 2 aromatic carbocycles. The van der Waals surface area contributed by atoms with Crippen molar-refractivity contribution in [3.63, 3.8) is 0 Å². The second kappa shape index (κ2) is 15.1. The number of anilines is 1. The number of hydrogen-bond donors (Lipinski definition) is 2. The zero-order chi connectivity index (χ0) is 24.8. The molecule has 2 rings (SSSR count). The normalized spacial score (nSPS) is 11.7. The van der Waals surface area contributed by atoms with Gasteiger partial charge in [0.1, 0.15) is 0 Å². The Morgan fingerprint density at radius 2 is 1.65 bits per heavy atom. The fourth-order valence-electron chi connectivity index (χ4n) is 3.80. The Hall–Kier alpha value is -2.86. The van der Waals surface area contributed by atoms with E-state index >= 15 is 0 Å². The molecule has 0 saturated carbocycles. The van der Waals surface area contributed by atoms with Crippen LogP contribution in [0, 0.1) is 0 Å². The van der Waals surface area contributed by atoms with Gasteiger partial charge in [0.2, 0.25) is 0 Å². The van der Waals surface area contributed by atoms with E-state index in [0.29, 0.717) is 18.8 Å². The maximum Gasteiger partial charge on any atom is 0.333 e. The number of nitrogens with one attached hydrogen (secondary N) is 1. The number of unbranched alkanes of at least 4 members (excludes halogenated alkanes) is 5. The van der Waals surface area contributed by atoms with Crippen LogP contribution in [0.15, 0.2) is 48.5 Å². The Kier molecular flexibility index (Phi) is 12.2. The van der Waals surface area contributed by atoms with E-state index < -0.39 is 12.1 Å². The number of rotatable bonds is 15. The molecule has 6 nitrogen and oxygen atoms in total. The van der Waals surface area contributed by atoms with Gasteiger partial charge < -0.3 is 15.2 Å². The Morgan fingerprint density at radius 1 is 0.941 bits per heavy atom. The van der Waals surface area contributed by atoms with Crippen molar-refractivity contribution in [3.05, 3.63) is 54.1 Å². The van der Waals surface area contributed by atoms with Gasteiger partial charge in [-0.3, -0.25) is 4.90 Å². The first-order valence-corrected chi connectivity index (χ1v) is 12.5. The summed E-state index contributed by atoms with van der Waals surface area (Å²) in [5, 5.41) is 12.7. The number of carbonyl (C=O) groups is 2. The average Bonchev–Trinajstić information content (AvgIpc) is 2.85. The highest BCUT2D eigenvalue weighted by molar-refractivity contribution is 5.93. The number of urea groups is 1. The summed E-state index contributed by atoms with van der Waals surface area (Å²) >= 11 is 0. The van der Waals surface area contributed by atoms with Crippen molar-refractivity contribution in [1.29, 1.82) is 0 Å². The molecule has 0 radical (unpaired) electrons. The van der Waals surface area contributed by atoms with Crippen molar-refractivity contribution in [3.8, 4) is 11.1 Å². The minimum Gasteiger partial charge on any atom is -0.479 e. The molecule has 1 atom stereocenters. The van der Waals surface area contributed by atoms with Gasteiger partial charge in [-0.15, -0.1) is 0 Å². The van der Waals surface area contributed by atoms with Crippen LogP contribution in [0.25, 0.3) is 11.1 Å². The molecule has 6 heteroatoms. The van der Waals surface area contributed by atoms with Crippen LogP contribution < -0.4 is 10.2 Å². The molecule has 34 heavy (non-hydrogen) atoms. The van der Waals surface area contributed by atoms with Crippen LogP contribution in [0.3, 0.4) is 0 Å². The predicted molar refractivity (Wildman–Crippen MR) is 138 cm³/mol. The predicted octanol–water partition coefficient (Wildman–Crippen LogP) is 6.28. The van der Waals surface area contributed by atoms with Crippen LogP contribution in [0.4, 0.5) is 10.5 Å². The molecule has 2 aromatic rings. The van der Waals surface area contributed by atoms with E-state index in [0.717, 1.165) is 42.4 Å². The van der Waals surface area contributed by atoms with Crippen molar-refractivity contribution in [2.45, 2.75) is 71.3 Å². The smallest absolute Gasteiger partial charge is 0.333 e. The number of carboxylic acids is 1. The number of nitrogens with zero attached hydrogens (tertiary/aromatic N) is 1. The van der Waals surface area contributed by atoms with Crippen LogP contribution >= 0.6 is 0 Å². The summed E-state index contributed by atoms with van der Waals surface area (Å²) in [6.45, 7) is 5.25. The van der Waals surface area contributed by atoms with Crippen LogP contribution in [0.2, 0.25) is 0 Å². The minimum absolute atomic E-state index is 0.193. The SMILES string of the molecule is CCCCCCCNC(=O)N(C)c1cc(-c2ccccc2)ccc1CC(OCCCC)C(=O)O. The summed E-state index contributed by atoms with van der Waals surface area (Å²) in [6, 6.07) is 15.6. The van der Waals surface area contributed by atoms with Gasteiger partial charge in [-0.25, -0.2) is 9.59 Å². The zero-order valence-electron chi connectivity index (χ0n) is 20.9. The van der Waals surface area contributed by atoms with Crippen LogP contribution in [0.1, 0.15) is 64.4 Å². The standard InChI is InChI=1S/C28H40N2O4/c1-4-6-8-9-13-18-29-28(33)30(3)25-20-23(22-14-11-10-12-15-22)16-17-24(25)21-26(27(31)32)34-19-7-5-2/h10-12,14-17,20,26H,4-9,13,18-19,21H2,1-3H3,(H,29,33)(H,31,32). The second-order valence-corrected chi connectivity index (χ2v) is 8.67. The van der Waals surface area contributed by atoms with E-state index in [1.54, 1.807) is 11.9 Å². The Balaban J connectivity index is 2.22. The molecule has 0 heterocycles. The maximum atomic E-state index is 12.9. The van der Waals surface area contributed by atoms with Crippen LogP contribution in [-0.4, -0.2) is 43.4 Å². The lowest BCUT2D eigenvalue weighted by atomic mass is 9.98. The fourth-order valence-corrected chi connectivity index (χ4v) is 3.80. The molecule has 0 aromatic heterocycles. The fraction of sp³-hybridized carbons (Fsp3) is 0.500. The van der Waals surface area contributed by atoms with E-state index in [1.165, 1.54) is 19.3 Å². The molecule has 0 fully saturated rings. The van der Waals surface area contributed by atoms with Crippen molar-refractivity contribution < 1.29 is 19.4 Å². The molecular weight excluding hydrogens is 428 g/mol. The number of carboxylic acid groups (broad SMARTS) is 1. The van der Waals surface area contributed by atoms with Gasteiger partial charge in [0.05, 0.1) is 0 Å². The third kappa shape index (κ3) is 8.82. The van der Waals surface area contributed by atoms with E-state index in [4.69, 9.17) is 4.74 Å². The number of benzene rings is 2. The van der Waals surface area contributed by atoms with Gasteiger partial charge in [-0.2, -0.15) is 0 Å². The van der Waals surface area contributed by atoms with Gasteiger partial charge in [-0.1, -0.05) is 88.4 Å². The van der Waals surface area contributed by atoms with E-state index in [1.807, 2.05) is 55.5 Å². The topological polar surface area (TPSA) is 78.9 Å². The third-order valence-electron chi connectivity index (χ3n) is 5.91. The van der Waals surface area contributed by atoms with Crippen molar-refractivity contribution in [1.82, 2.24) is 5.32 Å². The number of amides is 2. The van der Waals surface area contributed by atoms with Crippen molar-refractivity contribution in [2.75, 3.05) is 25.1 Å². The largest absolute Gasteiger partial charge is 0.479 e. The summed E-state index contributed by atoms with van der Waals surface area (Å²) in [7, 11) is 1.73. The molecule has 2 amide bonds. The van der Waals surface area contributed by atoms with Gasteiger partial charge in [-0.05, 0) is 35.6 Å². The first-order chi connectivity index (χ1) is 16.5. The zero-order valence-corrected chi connectivity index (χ0v) is 20.9. The molecule has 0 saturated heterocycles. The quantitative estimate of drug-likeness (QED) is 0.301. The average molecular weight is 469 g/mol. The molecule has 0 spiro atoms. The molecule has 0 bridgehead atoms. The minimum atomic E-state index is -0.992. The molecule has 0 aliphatic rings. The van der Waals surface area contributed by atoms with Crippen LogP contribution in [0.5, 0.6) is 0 Å². The number of aliphatic carboxylic acids is 1. The van der Waals surface area contributed by atoms with E-state index in [-0.39, 0.29) is 12.5 Å². The van der Waals surface area contributed by atoms with Gasteiger partial charge in [0.15, 0.2) is 6.10 Å². The Morgan fingerprint density at radius 3 is 2.32 bits per heavy atom. The molecule has 186 valence electrons. The summed E-state index contributed by atoms with van der Waals surface area (Å²) < 4.78 is 5.65. The summed E-state index contributed by atoms with van der Waals surface area (Å²) in [4.78, 5) is 26.3. The highest BCUT2D eigenvalue weighted by Crippen LogP contribution is 2.29. The Labute approximate surface area is 204 Å². The Bertz CT molecular complexity index is 885. The molecule has 0 aliphatic carbocycles. The number of hydrogen-bond acceptors (Lipinski definition) is 3. The highest BCUT2D eigenvalue weighted by Gasteiger charge is 2.23. The van der Waals surface area contributed by atoms with Gasteiger partial charge in [0, 0.05) is 32.3 Å². The van der Waals surface area contributed by atoms with E-state index in [9.17, 15) is 14.7 Å². The van der Waals surface area contributed by atoms with Gasteiger partial charge >= 0.3 is 12.0 Å². The summed E-state index contributed by atoms with van der Waals surface area (Å²) in [6.07, 6.45) is 6.62. The maximum absolute atomic E-state index is 12.9. The van der Waals surface area contributed by atoms with Gasteiger partial charge in [0.25, 0.3) is 0 Å². The molecule has 0 aliphatic heterocycles. The second-order valence-electron chi connectivity index (χ2n) is 8.67. The van der Waals surface area contributed by atoms with Crippen molar-refractivity contribution >= 4 is 17.7 Å². The lowest BCUT2D eigenvalue weighted by Gasteiger charge is -2.24. The summed E-state index contributed by atoms with van der Waals surface area (Å²) in [5.74, 6) is -0.992. The first kappa shape index (κ1) is 27.4. The van der Waals surface area contributed by atoms with Crippen molar-refractivity contribution in [2.24, 2.45) is 0 Å². The number of ether oxygens (including phenoxy) is 1. The lowest BCUT2D eigenvalue weighted by molar-refractivity contribution is -0.150. The molecule has 2 N–H and O–H groups in total. The lowest BCUT2D eigenvalue weighted by Crippen LogP contribution is -2.38. The van der Waals surface area contributed by atoms with Crippen LogP contribution in [-0.2, 0) is 16.0 Å². The molecule has 1 unspecified atom stereocenters. The monoisotopic (exact) mass is 468 g/mol. The van der Waals surface area contributed by atoms with E-state index in [2.05, 4.69) is 12.2 Å².